The molecule has 0 saturated carbocycles. The Balaban J connectivity index is 1.15. The normalized spacial score (nSPS) is 14.8. The van der Waals surface area contributed by atoms with Gasteiger partial charge in [-0.25, -0.2) is 4.79 Å². The number of nitrogens with zero attached hydrogens (tertiary/aromatic N) is 2. The third-order valence-corrected chi connectivity index (χ3v) is 5.97. The van der Waals surface area contributed by atoms with Crippen molar-refractivity contribution in [3.8, 4) is 17.2 Å². The molecule has 3 aromatic rings. The highest BCUT2D eigenvalue weighted by Crippen LogP contribution is 2.26. The van der Waals surface area contributed by atoms with Crippen LogP contribution in [0.3, 0.4) is 0 Å². The van der Waals surface area contributed by atoms with Gasteiger partial charge < -0.3 is 14.3 Å². The predicted octanol–water partition coefficient (Wildman–Crippen LogP) is 5.12. The number of hydrogen-bond donors (Lipinski definition) is 0. The van der Waals surface area contributed by atoms with Gasteiger partial charge in [0.05, 0.1) is 18.5 Å². The standard InChI is InChI=1S/C24H26N2O4S/c27-24(16-23-17-25-18-31-23)30-26-12-9-19(10-13-26)11-14-28-21-7-4-8-22(15-21)29-20-5-2-1-3-6-20/h1-8,15,17-19H,9-14,16H2. The predicted molar refractivity (Wildman–Crippen MR) is 119 cm³/mol. The SMILES string of the molecule is O=C(Cc1cncs1)ON1CCC(CCOc2cccc(Oc3ccccc3)c2)CC1. The molecule has 0 unspecified atom stereocenters. The van der Waals surface area contributed by atoms with E-state index in [1.165, 1.54) is 11.3 Å². The van der Waals surface area contributed by atoms with Crippen molar-refractivity contribution >= 4 is 17.3 Å². The fraction of sp³-hybridized carbons (Fsp3) is 0.333. The maximum atomic E-state index is 12.0. The molecule has 1 aliphatic rings. The monoisotopic (exact) mass is 438 g/mol. The summed E-state index contributed by atoms with van der Waals surface area (Å²) in [5.74, 6) is 2.73. The summed E-state index contributed by atoms with van der Waals surface area (Å²) in [7, 11) is 0. The van der Waals surface area contributed by atoms with Gasteiger partial charge in [-0.05, 0) is 49.4 Å². The van der Waals surface area contributed by atoms with Crippen LogP contribution in [0.25, 0.3) is 0 Å². The highest BCUT2D eigenvalue weighted by atomic mass is 32.1. The van der Waals surface area contributed by atoms with E-state index in [0.29, 0.717) is 12.5 Å². The fourth-order valence-electron chi connectivity index (χ4n) is 3.53. The van der Waals surface area contributed by atoms with Gasteiger partial charge in [0.2, 0.25) is 0 Å². The first-order chi connectivity index (χ1) is 15.2. The lowest BCUT2D eigenvalue weighted by Gasteiger charge is -2.30. The Kier molecular flexibility index (Phi) is 7.52. The molecule has 1 aliphatic heterocycles. The molecule has 2 heterocycles. The molecular weight excluding hydrogens is 412 g/mol. The zero-order valence-corrected chi connectivity index (χ0v) is 18.1. The Labute approximate surface area is 186 Å². The lowest BCUT2D eigenvalue weighted by molar-refractivity contribution is -0.195. The minimum Gasteiger partial charge on any atom is -0.493 e. The molecule has 0 radical (unpaired) electrons. The number of ether oxygens (including phenoxy) is 2. The summed E-state index contributed by atoms with van der Waals surface area (Å²) in [6.07, 6.45) is 4.96. The molecule has 0 bridgehead atoms. The smallest absolute Gasteiger partial charge is 0.330 e. The third kappa shape index (κ3) is 6.80. The molecule has 1 aromatic heterocycles. The van der Waals surface area contributed by atoms with Crippen LogP contribution in [0.1, 0.15) is 24.1 Å². The number of hydrogen-bond acceptors (Lipinski definition) is 7. The third-order valence-electron chi connectivity index (χ3n) is 5.19. The lowest BCUT2D eigenvalue weighted by Crippen LogP contribution is -2.36. The number of benzene rings is 2. The molecule has 0 spiro atoms. The maximum absolute atomic E-state index is 12.0. The van der Waals surface area contributed by atoms with Crippen molar-refractivity contribution in [2.24, 2.45) is 5.92 Å². The number of carbonyl (C=O) groups is 1. The number of rotatable bonds is 9. The van der Waals surface area contributed by atoms with Gasteiger partial charge in [0.25, 0.3) is 0 Å². The molecule has 0 aliphatic carbocycles. The number of aromatic nitrogens is 1. The molecule has 7 heteroatoms. The van der Waals surface area contributed by atoms with Gasteiger partial charge >= 0.3 is 5.97 Å². The Bertz CT molecular complexity index is 941. The summed E-state index contributed by atoms with van der Waals surface area (Å²) in [6.45, 7) is 2.18. The highest BCUT2D eigenvalue weighted by Gasteiger charge is 2.22. The van der Waals surface area contributed by atoms with E-state index in [4.69, 9.17) is 14.3 Å². The van der Waals surface area contributed by atoms with Crippen molar-refractivity contribution in [1.29, 1.82) is 0 Å². The first-order valence-electron chi connectivity index (χ1n) is 10.5. The molecule has 31 heavy (non-hydrogen) atoms. The van der Waals surface area contributed by atoms with Crippen molar-refractivity contribution in [2.45, 2.75) is 25.7 Å². The van der Waals surface area contributed by atoms with Gasteiger partial charge in [-0.15, -0.1) is 16.4 Å². The van der Waals surface area contributed by atoms with Crippen LogP contribution in [0, 0.1) is 5.92 Å². The molecule has 0 N–H and O–H groups in total. The molecule has 2 aromatic carbocycles. The summed E-state index contributed by atoms with van der Waals surface area (Å²) in [5.41, 5.74) is 1.72. The van der Waals surface area contributed by atoms with Crippen molar-refractivity contribution in [3.05, 3.63) is 71.2 Å². The van der Waals surface area contributed by atoms with Crippen molar-refractivity contribution in [3.63, 3.8) is 0 Å². The van der Waals surface area contributed by atoms with E-state index in [2.05, 4.69) is 4.98 Å². The fourth-order valence-corrected chi connectivity index (χ4v) is 4.11. The van der Waals surface area contributed by atoms with E-state index >= 15 is 0 Å². The number of thiazole rings is 1. The van der Waals surface area contributed by atoms with Crippen molar-refractivity contribution in [1.82, 2.24) is 10.0 Å². The van der Waals surface area contributed by atoms with Crippen LogP contribution in [0.5, 0.6) is 17.2 Å². The summed E-state index contributed by atoms with van der Waals surface area (Å²) >= 11 is 1.47. The Morgan fingerprint density at radius 3 is 2.58 bits per heavy atom. The zero-order chi connectivity index (χ0) is 21.3. The first kappa shape index (κ1) is 21.3. The van der Waals surface area contributed by atoms with E-state index < -0.39 is 0 Å². The average Bonchev–Trinajstić information content (AvgIpc) is 3.29. The van der Waals surface area contributed by atoms with Gasteiger partial charge in [0.15, 0.2) is 0 Å². The highest BCUT2D eigenvalue weighted by molar-refractivity contribution is 7.09. The second-order valence-electron chi connectivity index (χ2n) is 7.51. The summed E-state index contributed by atoms with van der Waals surface area (Å²) < 4.78 is 11.8. The van der Waals surface area contributed by atoms with Crippen molar-refractivity contribution < 1.29 is 19.1 Å². The first-order valence-corrected chi connectivity index (χ1v) is 11.4. The number of hydroxylamine groups is 2. The summed E-state index contributed by atoms with van der Waals surface area (Å²) in [6, 6.07) is 17.4. The molecule has 0 atom stereocenters. The Morgan fingerprint density at radius 1 is 1.03 bits per heavy atom. The average molecular weight is 439 g/mol. The number of carbonyl (C=O) groups excluding carboxylic acids is 1. The second kappa shape index (κ2) is 10.9. The lowest BCUT2D eigenvalue weighted by atomic mass is 9.95. The van der Waals surface area contributed by atoms with E-state index in [0.717, 1.165) is 54.5 Å². The van der Waals surface area contributed by atoms with Gasteiger partial charge in [0, 0.05) is 30.2 Å². The van der Waals surface area contributed by atoms with Crippen LogP contribution in [-0.2, 0) is 16.1 Å². The van der Waals surface area contributed by atoms with Gasteiger partial charge in [-0.1, -0.05) is 24.3 Å². The number of para-hydroxylation sites is 1. The maximum Gasteiger partial charge on any atom is 0.330 e. The van der Waals surface area contributed by atoms with E-state index in [9.17, 15) is 4.79 Å². The van der Waals surface area contributed by atoms with Crippen LogP contribution in [0.4, 0.5) is 0 Å². The van der Waals surface area contributed by atoms with Crippen LogP contribution < -0.4 is 9.47 Å². The molecule has 162 valence electrons. The van der Waals surface area contributed by atoms with Gasteiger partial charge in [0.1, 0.15) is 17.2 Å². The number of piperidine rings is 1. The van der Waals surface area contributed by atoms with Crippen LogP contribution >= 0.6 is 11.3 Å². The second-order valence-corrected chi connectivity index (χ2v) is 8.48. The van der Waals surface area contributed by atoms with Crippen molar-refractivity contribution in [2.75, 3.05) is 19.7 Å². The Hall–Kier alpha value is -2.90. The van der Waals surface area contributed by atoms with E-state index in [-0.39, 0.29) is 12.4 Å². The topological polar surface area (TPSA) is 60.9 Å². The molecule has 1 saturated heterocycles. The quantitative estimate of drug-likeness (QED) is 0.462. The molecule has 4 rings (SSSR count). The zero-order valence-electron chi connectivity index (χ0n) is 17.3. The van der Waals surface area contributed by atoms with Gasteiger partial charge in [-0.3, -0.25) is 4.98 Å². The molecule has 0 amide bonds. The van der Waals surface area contributed by atoms with Crippen LogP contribution in [0.15, 0.2) is 66.3 Å². The van der Waals surface area contributed by atoms with Crippen LogP contribution in [0.2, 0.25) is 0 Å². The van der Waals surface area contributed by atoms with Gasteiger partial charge in [-0.2, -0.15) is 0 Å². The summed E-state index contributed by atoms with van der Waals surface area (Å²) in [5, 5.41) is 1.78. The van der Waals surface area contributed by atoms with Crippen LogP contribution in [-0.4, -0.2) is 35.7 Å². The van der Waals surface area contributed by atoms with E-state index in [1.54, 1.807) is 16.8 Å². The molecule has 1 fully saturated rings. The molecular formula is C24H26N2O4S. The summed E-state index contributed by atoms with van der Waals surface area (Å²) in [4.78, 5) is 22.4. The minimum atomic E-state index is -0.219. The largest absolute Gasteiger partial charge is 0.493 e. The molecule has 6 nitrogen and oxygen atoms in total. The minimum absolute atomic E-state index is 0.219. The Morgan fingerprint density at radius 2 is 1.81 bits per heavy atom. The van der Waals surface area contributed by atoms with E-state index in [1.807, 2.05) is 54.6 Å².